The molecule has 36 nitrogen and oxygen atoms in total. The Morgan fingerprint density at radius 3 is 0.759 bits per heavy atom. The molecule has 0 saturated carbocycles. The minimum absolute atomic E-state index is 0.0287. The second-order valence-electron chi connectivity index (χ2n) is 30.1. The van der Waals surface area contributed by atoms with Crippen LogP contribution >= 0.6 is 0 Å². The van der Waals surface area contributed by atoms with Crippen LogP contribution in [0.25, 0.3) is 11.4 Å². The number of carbonyl (C=O) groups is 2. The molecule has 8 fully saturated rings. The molecule has 8 aliphatic heterocycles. The van der Waals surface area contributed by atoms with Crippen LogP contribution in [0.1, 0.15) is 20.7 Å². The summed E-state index contributed by atoms with van der Waals surface area (Å²) in [5.41, 5.74) is -0.216. The number of aliphatic hydroxyl groups excluding tert-OH is 8. The molecule has 0 aromatic carbocycles. The number of β-amino-alcohol motifs (C(OH)–C–C–N with tert-alkyl or cyclic N) is 2. The molecule has 8 unspecified atom stereocenters. The van der Waals surface area contributed by atoms with Crippen LogP contribution in [0, 0.1) is 10.8 Å². The Labute approximate surface area is 636 Å². The van der Waals surface area contributed by atoms with Crippen LogP contribution in [0.5, 0.6) is 0 Å². The van der Waals surface area contributed by atoms with Gasteiger partial charge < -0.3 is 120 Å². The van der Waals surface area contributed by atoms with Gasteiger partial charge in [0.15, 0.2) is 0 Å². The Kier molecular flexibility index (Phi) is 37.1. The van der Waals surface area contributed by atoms with Crippen LogP contribution in [-0.4, -0.2) is 489 Å². The SMILES string of the molecule is O=C(c1ccnc(-c2cc(C(=O)N3CCN(CC(O)COCC(COCC(O)N4CCNCC4)(COCC(O)N4CCNCC4)COCC(O)N4CCNCC4)CC3)ccn2)c1)N1CCN(CC(O)COCC(COCC(O)N2CCNCC2)(COCC(O)N2CCNCC2)COCC(O)N2CCNCC2)CC1. The van der Waals surface area contributed by atoms with Crippen molar-refractivity contribution in [2.24, 2.45) is 10.8 Å². The number of nitrogens with zero attached hydrogens (tertiary/aromatic N) is 12. The standard InChI is InChI=1S/C72H128N18O18/c91-59(41-101-49-71(51-103-43-63(93)83-17-5-73-6-18-83,52-104-44-64(94)84-19-7-74-8-20-84)53-105-45-65(95)85-21-9-75-10-22-85)39-81-29-33-89(34-30-81)69(99)57-1-3-79-61(37-57)62-38-58(2-4-80-62)70(100)90-35-31-82(32-36-90)40-60(92)42-102-50-72(54-106-46-66(96)86-23-11-76-12-24-86,55-107-47-67(97)87-25-13-77-14-26-87)56-108-48-68(98)88-27-15-78-16-28-88/h1-4,37-38,59-60,63-68,73-78,91-98H,5-36,39-56H2. The zero-order valence-electron chi connectivity index (χ0n) is 63.5. The van der Waals surface area contributed by atoms with Gasteiger partial charge in [0.2, 0.25) is 0 Å². The van der Waals surface area contributed by atoms with Crippen molar-refractivity contribution in [3.05, 3.63) is 47.8 Å². The number of hydrogen-bond donors (Lipinski definition) is 14. The Bertz CT molecular complexity index is 2500. The molecule has 0 radical (unpaired) electrons. The quantitative estimate of drug-likeness (QED) is 0.0293. The lowest BCUT2D eigenvalue weighted by atomic mass is 9.92. The molecule has 0 aliphatic carbocycles. The molecule has 8 atom stereocenters. The number of aromatic nitrogens is 2. The van der Waals surface area contributed by atoms with E-state index in [0.717, 1.165) is 78.5 Å². The summed E-state index contributed by atoms with van der Waals surface area (Å²) in [5.74, 6) is -0.367. The van der Waals surface area contributed by atoms with Crippen molar-refractivity contribution < 1.29 is 88.3 Å². The fraction of sp³-hybridized carbons (Fsp3) is 0.833. The molecule has 2 aromatic rings. The van der Waals surface area contributed by atoms with Gasteiger partial charge in [-0.25, -0.2) is 0 Å². The van der Waals surface area contributed by atoms with Gasteiger partial charge in [0, 0.05) is 246 Å². The highest BCUT2D eigenvalue weighted by Crippen LogP contribution is 2.26. The summed E-state index contributed by atoms with van der Waals surface area (Å²) in [6.07, 6.45) is -3.66. The third kappa shape index (κ3) is 28.2. The van der Waals surface area contributed by atoms with Crippen molar-refractivity contribution in [3.63, 3.8) is 0 Å². The molecule has 10 heterocycles. The highest BCUT2D eigenvalue weighted by atomic mass is 16.5. The fourth-order valence-electron chi connectivity index (χ4n) is 14.9. The number of pyridine rings is 2. The average molecular weight is 1530 g/mol. The smallest absolute Gasteiger partial charge is 0.254 e. The van der Waals surface area contributed by atoms with E-state index in [1.165, 1.54) is 0 Å². The van der Waals surface area contributed by atoms with E-state index >= 15 is 0 Å². The van der Waals surface area contributed by atoms with Gasteiger partial charge >= 0.3 is 0 Å². The summed E-state index contributed by atoms with van der Waals surface area (Å²) in [5, 5.41) is 109. The summed E-state index contributed by atoms with van der Waals surface area (Å²) in [6, 6.07) is 6.72. The third-order valence-corrected chi connectivity index (χ3v) is 21.5. The first-order valence-electron chi connectivity index (χ1n) is 39.3. The van der Waals surface area contributed by atoms with E-state index in [9.17, 15) is 50.4 Å². The first kappa shape index (κ1) is 86.4. The van der Waals surface area contributed by atoms with Gasteiger partial charge in [0.05, 0.1) is 140 Å². The summed E-state index contributed by atoms with van der Waals surface area (Å²) >= 11 is 0. The molecule has 8 saturated heterocycles. The molecule has 0 spiro atoms. The van der Waals surface area contributed by atoms with Crippen LogP contribution < -0.4 is 31.9 Å². The van der Waals surface area contributed by atoms with Crippen LogP contribution in [0.2, 0.25) is 0 Å². The fourth-order valence-corrected chi connectivity index (χ4v) is 14.9. The second-order valence-corrected chi connectivity index (χ2v) is 30.1. The lowest BCUT2D eigenvalue weighted by Gasteiger charge is -2.37. The topological polar surface area (TPSA) is 400 Å². The second kappa shape index (κ2) is 46.4. The van der Waals surface area contributed by atoms with Gasteiger partial charge in [0.25, 0.3) is 11.8 Å². The van der Waals surface area contributed by atoms with Crippen LogP contribution in [0.15, 0.2) is 36.7 Å². The molecule has 14 N–H and O–H groups in total. The van der Waals surface area contributed by atoms with Gasteiger partial charge in [-0.05, 0) is 24.3 Å². The van der Waals surface area contributed by atoms with Gasteiger partial charge in [-0.2, -0.15) is 0 Å². The number of ether oxygens (including phenoxy) is 8. The number of amides is 2. The number of hydrogen-bond acceptors (Lipinski definition) is 34. The lowest BCUT2D eigenvalue weighted by molar-refractivity contribution is -0.155. The minimum Gasteiger partial charge on any atom is -0.389 e. The van der Waals surface area contributed by atoms with Gasteiger partial charge in [-0.3, -0.25) is 58.8 Å². The van der Waals surface area contributed by atoms with Crippen LogP contribution in [-0.2, 0) is 37.9 Å². The molecule has 8 aliphatic rings. The largest absolute Gasteiger partial charge is 0.389 e. The van der Waals surface area contributed by atoms with E-state index in [1.807, 2.05) is 29.4 Å². The molecule has 614 valence electrons. The van der Waals surface area contributed by atoms with Crippen molar-refractivity contribution in [2.75, 3.05) is 328 Å². The average Bonchev–Trinajstić information content (AvgIpc) is 0.816. The molecular formula is C72H128N18O18. The van der Waals surface area contributed by atoms with E-state index < -0.39 is 60.4 Å². The Morgan fingerprint density at radius 1 is 0.324 bits per heavy atom. The number of rotatable bonds is 45. The highest BCUT2D eigenvalue weighted by molar-refractivity contribution is 5.96. The molecule has 2 amide bonds. The number of aliphatic hydroxyl groups is 8. The monoisotopic (exact) mass is 1530 g/mol. The maximum Gasteiger partial charge on any atom is 0.254 e. The van der Waals surface area contributed by atoms with Crippen molar-refractivity contribution in [1.29, 1.82) is 0 Å². The minimum atomic E-state index is -0.963. The summed E-state index contributed by atoms with van der Waals surface area (Å²) in [6.45, 7) is 22.0. The van der Waals surface area contributed by atoms with E-state index in [-0.39, 0.29) is 131 Å². The summed E-state index contributed by atoms with van der Waals surface area (Å²) in [4.78, 5) is 56.9. The van der Waals surface area contributed by atoms with Crippen LogP contribution in [0.3, 0.4) is 0 Å². The Hall–Kier alpha value is -3.96. The van der Waals surface area contributed by atoms with Crippen molar-refractivity contribution >= 4 is 11.8 Å². The zero-order valence-corrected chi connectivity index (χ0v) is 63.5. The number of carbonyl (C=O) groups excluding carboxylic acids is 2. The predicted molar refractivity (Wildman–Crippen MR) is 398 cm³/mol. The number of nitrogens with one attached hydrogen (secondary N) is 6. The van der Waals surface area contributed by atoms with Gasteiger partial charge in [0.1, 0.15) is 37.4 Å². The highest BCUT2D eigenvalue weighted by Gasteiger charge is 2.38. The van der Waals surface area contributed by atoms with E-state index in [2.05, 4.69) is 51.7 Å². The van der Waals surface area contributed by atoms with Crippen LogP contribution in [0.4, 0.5) is 0 Å². The Balaban J connectivity index is 0.680. The lowest BCUT2D eigenvalue weighted by Crippen LogP contribution is -2.52. The zero-order chi connectivity index (χ0) is 75.8. The maximum absolute atomic E-state index is 14.2. The Morgan fingerprint density at radius 2 is 0.537 bits per heavy atom. The molecule has 10 rings (SSSR count). The first-order valence-corrected chi connectivity index (χ1v) is 39.3. The van der Waals surface area contributed by atoms with Gasteiger partial charge in [-0.1, -0.05) is 0 Å². The molecule has 108 heavy (non-hydrogen) atoms. The van der Waals surface area contributed by atoms with E-state index in [0.29, 0.717) is 153 Å². The molecule has 0 bridgehead atoms. The normalized spacial score (nSPS) is 23.6. The number of piperazine rings is 8. The predicted octanol–water partition coefficient (Wildman–Crippen LogP) is -8.17. The maximum atomic E-state index is 14.2. The van der Waals surface area contributed by atoms with Gasteiger partial charge in [-0.15, -0.1) is 0 Å². The molecule has 36 heteroatoms. The molecular weight excluding hydrogens is 1400 g/mol. The summed E-state index contributed by atoms with van der Waals surface area (Å²) in [7, 11) is 0. The first-order chi connectivity index (χ1) is 52.6. The third-order valence-electron chi connectivity index (χ3n) is 21.5. The van der Waals surface area contributed by atoms with Crippen molar-refractivity contribution in [3.8, 4) is 11.4 Å². The van der Waals surface area contributed by atoms with E-state index in [1.54, 1.807) is 46.5 Å². The molecule has 2 aromatic heterocycles. The van der Waals surface area contributed by atoms with Crippen molar-refractivity contribution in [1.82, 2.24) is 90.9 Å². The summed E-state index contributed by atoms with van der Waals surface area (Å²) < 4.78 is 50.3. The van der Waals surface area contributed by atoms with Crippen molar-refractivity contribution in [2.45, 2.75) is 49.6 Å². The van der Waals surface area contributed by atoms with E-state index in [4.69, 9.17) is 37.9 Å².